The summed E-state index contributed by atoms with van der Waals surface area (Å²) in [5.74, 6) is 0.603. The first-order chi connectivity index (χ1) is 5.42. The van der Waals surface area contributed by atoms with Crippen molar-refractivity contribution in [1.82, 2.24) is 0 Å². The van der Waals surface area contributed by atoms with Crippen LogP contribution in [-0.2, 0) is 4.84 Å². The van der Waals surface area contributed by atoms with Crippen LogP contribution in [0.5, 0.6) is 0 Å². The van der Waals surface area contributed by atoms with Crippen molar-refractivity contribution in [2.45, 2.75) is 32.3 Å². The van der Waals surface area contributed by atoms with E-state index in [9.17, 15) is 0 Å². The summed E-state index contributed by atoms with van der Waals surface area (Å²) in [4.78, 5) is 5.28. The molecule has 0 saturated heterocycles. The molecule has 1 heterocycles. The van der Waals surface area contributed by atoms with Gasteiger partial charge in [-0.3, -0.25) is 0 Å². The third-order valence-electron chi connectivity index (χ3n) is 2.46. The van der Waals surface area contributed by atoms with Gasteiger partial charge in [0.25, 0.3) is 0 Å². The molecule has 0 aromatic heterocycles. The molecule has 0 radical (unpaired) electrons. The Bertz CT molecular complexity index is 208. The van der Waals surface area contributed by atoms with Crippen molar-refractivity contribution >= 4 is 5.71 Å². The van der Waals surface area contributed by atoms with Crippen LogP contribution in [0.25, 0.3) is 0 Å². The van der Waals surface area contributed by atoms with Crippen LogP contribution in [0, 0.1) is 5.92 Å². The Morgan fingerprint density at radius 1 is 1.55 bits per heavy atom. The Balaban J connectivity index is 2.11. The Hall–Kier alpha value is -0.790. The minimum absolute atomic E-state index is 0.404. The van der Waals surface area contributed by atoms with Crippen molar-refractivity contribution < 1.29 is 4.84 Å². The van der Waals surface area contributed by atoms with Crippen molar-refractivity contribution in [3.63, 3.8) is 0 Å². The summed E-state index contributed by atoms with van der Waals surface area (Å²) in [6, 6.07) is 0. The van der Waals surface area contributed by atoms with E-state index in [0.29, 0.717) is 12.0 Å². The fraction of sp³-hybridized carbons (Fsp3) is 0.667. The number of rotatable bonds is 1. The number of oxime groups is 1. The number of hydrogen-bond donors (Lipinski definition) is 0. The molecule has 1 aliphatic carbocycles. The van der Waals surface area contributed by atoms with Gasteiger partial charge >= 0.3 is 0 Å². The molecule has 2 aliphatic rings. The number of hydrogen-bond acceptors (Lipinski definition) is 2. The van der Waals surface area contributed by atoms with Gasteiger partial charge in [-0.05, 0) is 32.3 Å². The van der Waals surface area contributed by atoms with Crippen LogP contribution in [0.3, 0.4) is 0 Å². The summed E-state index contributed by atoms with van der Waals surface area (Å²) in [7, 11) is 0. The summed E-state index contributed by atoms with van der Waals surface area (Å²) in [6.45, 7) is 2.02. The summed E-state index contributed by atoms with van der Waals surface area (Å²) in [5.41, 5.74) is 1.15. The second kappa shape index (κ2) is 2.68. The van der Waals surface area contributed by atoms with Gasteiger partial charge in [0.2, 0.25) is 0 Å². The molecule has 1 aliphatic heterocycles. The van der Waals surface area contributed by atoms with Crippen LogP contribution >= 0.6 is 0 Å². The first-order valence-corrected chi connectivity index (χ1v) is 4.28. The molecule has 0 amide bonds. The molecule has 0 aromatic rings. The van der Waals surface area contributed by atoms with E-state index in [1.807, 2.05) is 13.0 Å². The van der Waals surface area contributed by atoms with E-state index in [1.54, 1.807) is 0 Å². The van der Waals surface area contributed by atoms with Crippen molar-refractivity contribution in [2.75, 3.05) is 0 Å². The topological polar surface area (TPSA) is 21.6 Å². The molecule has 11 heavy (non-hydrogen) atoms. The zero-order valence-corrected chi connectivity index (χ0v) is 6.79. The van der Waals surface area contributed by atoms with Crippen LogP contribution in [0.4, 0.5) is 0 Å². The van der Waals surface area contributed by atoms with Crippen molar-refractivity contribution in [3.8, 4) is 0 Å². The van der Waals surface area contributed by atoms with Gasteiger partial charge in [0, 0.05) is 5.92 Å². The van der Waals surface area contributed by atoms with E-state index in [0.717, 1.165) is 5.71 Å². The first kappa shape index (κ1) is 6.89. The highest BCUT2D eigenvalue weighted by Crippen LogP contribution is 2.34. The molecule has 2 heteroatoms. The molecule has 2 rings (SSSR count). The number of fused-ring (bicyclic) bond motifs is 1. The van der Waals surface area contributed by atoms with E-state index in [-0.39, 0.29) is 0 Å². The lowest BCUT2D eigenvalue weighted by molar-refractivity contribution is 0.0746. The molecule has 0 unspecified atom stereocenters. The number of nitrogens with zero attached hydrogens (tertiary/aromatic N) is 1. The van der Waals surface area contributed by atoms with Crippen molar-refractivity contribution in [2.24, 2.45) is 11.1 Å². The van der Waals surface area contributed by atoms with Gasteiger partial charge in [0.05, 0.1) is 5.71 Å². The molecular weight excluding hydrogens is 138 g/mol. The Kier molecular flexibility index (Phi) is 1.68. The molecule has 1 fully saturated rings. The summed E-state index contributed by atoms with van der Waals surface area (Å²) in [5, 5.41) is 4.04. The molecule has 0 aromatic carbocycles. The lowest BCUT2D eigenvalue weighted by Gasteiger charge is -2.04. The SMILES string of the molecule is C/C=C/C1=NO[C@@H]2CCC[C@H]12. The fourth-order valence-corrected chi connectivity index (χ4v) is 1.91. The second-order valence-electron chi connectivity index (χ2n) is 3.20. The molecule has 2 nitrogen and oxygen atoms in total. The van der Waals surface area contributed by atoms with Crippen molar-refractivity contribution in [1.29, 1.82) is 0 Å². The highest BCUT2D eigenvalue weighted by Gasteiger charge is 2.36. The Morgan fingerprint density at radius 3 is 3.27 bits per heavy atom. The van der Waals surface area contributed by atoms with E-state index in [2.05, 4.69) is 11.2 Å². The van der Waals surface area contributed by atoms with Crippen LogP contribution in [-0.4, -0.2) is 11.8 Å². The minimum atomic E-state index is 0.404. The van der Waals surface area contributed by atoms with Gasteiger partial charge in [-0.15, -0.1) is 0 Å². The van der Waals surface area contributed by atoms with E-state index >= 15 is 0 Å². The average molecular weight is 151 g/mol. The molecule has 1 saturated carbocycles. The normalized spacial score (nSPS) is 35.5. The maximum Gasteiger partial charge on any atom is 0.136 e. The van der Waals surface area contributed by atoms with Gasteiger partial charge in [-0.25, -0.2) is 0 Å². The predicted molar refractivity (Wildman–Crippen MR) is 44.5 cm³/mol. The van der Waals surface area contributed by atoms with Crippen molar-refractivity contribution in [3.05, 3.63) is 12.2 Å². The smallest absolute Gasteiger partial charge is 0.136 e. The molecular formula is C9H13NO. The summed E-state index contributed by atoms with van der Waals surface area (Å²) < 4.78 is 0. The highest BCUT2D eigenvalue weighted by atomic mass is 16.6. The minimum Gasteiger partial charge on any atom is -0.392 e. The van der Waals surface area contributed by atoms with Gasteiger partial charge in [-0.2, -0.15) is 0 Å². The van der Waals surface area contributed by atoms with Crippen LogP contribution in [0.2, 0.25) is 0 Å². The Morgan fingerprint density at radius 2 is 2.45 bits per heavy atom. The third-order valence-corrected chi connectivity index (χ3v) is 2.46. The largest absolute Gasteiger partial charge is 0.392 e. The first-order valence-electron chi connectivity index (χ1n) is 4.28. The molecule has 2 atom stereocenters. The van der Waals surface area contributed by atoms with Gasteiger partial charge < -0.3 is 4.84 Å². The molecule has 60 valence electrons. The molecule has 0 N–H and O–H groups in total. The predicted octanol–water partition coefficient (Wildman–Crippen LogP) is 2.12. The van der Waals surface area contributed by atoms with Gasteiger partial charge in [-0.1, -0.05) is 11.2 Å². The standard InChI is InChI=1S/C9H13NO/c1-2-4-8-7-5-3-6-9(7)11-10-8/h2,4,7,9H,3,5-6H2,1H3/b4-2+/t7-,9-/m1/s1. The summed E-state index contributed by atoms with van der Waals surface area (Å²) >= 11 is 0. The third kappa shape index (κ3) is 1.06. The second-order valence-corrected chi connectivity index (χ2v) is 3.20. The highest BCUT2D eigenvalue weighted by molar-refractivity contribution is 5.97. The van der Waals surface area contributed by atoms with Crippen LogP contribution in [0.15, 0.2) is 17.3 Å². The average Bonchev–Trinajstić information content (AvgIpc) is 2.53. The quantitative estimate of drug-likeness (QED) is 0.562. The monoisotopic (exact) mass is 151 g/mol. The maximum atomic E-state index is 5.28. The molecule has 0 spiro atoms. The summed E-state index contributed by atoms with van der Waals surface area (Å²) in [6.07, 6.45) is 8.25. The number of allylic oxidation sites excluding steroid dienone is 2. The zero-order chi connectivity index (χ0) is 7.68. The molecule has 0 bridgehead atoms. The van der Waals surface area contributed by atoms with E-state index in [4.69, 9.17) is 4.84 Å². The Labute approximate surface area is 66.9 Å². The van der Waals surface area contributed by atoms with E-state index < -0.39 is 0 Å². The van der Waals surface area contributed by atoms with Gasteiger partial charge in [0.1, 0.15) is 6.10 Å². The van der Waals surface area contributed by atoms with Crippen LogP contribution < -0.4 is 0 Å². The lowest BCUT2D eigenvalue weighted by Crippen LogP contribution is -2.14. The van der Waals surface area contributed by atoms with Crippen LogP contribution in [0.1, 0.15) is 26.2 Å². The zero-order valence-electron chi connectivity index (χ0n) is 6.79. The lowest BCUT2D eigenvalue weighted by atomic mass is 10.0. The van der Waals surface area contributed by atoms with Gasteiger partial charge in [0.15, 0.2) is 0 Å². The van der Waals surface area contributed by atoms with E-state index in [1.165, 1.54) is 19.3 Å². The maximum absolute atomic E-state index is 5.28. The fourth-order valence-electron chi connectivity index (χ4n) is 1.91.